The van der Waals surface area contributed by atoms with E-state index in [0.29, 0.717) is 0 Å². The maximum atomic E-state index is 13.0. The molecule has 6 heteroatoms. The lowest BCUT2D eigenvalue weighted by Gasteiger charge is -2.22. The smallest absolute Gasteiger partial charge is 0.253 e. The van der Waals surface area contributed by atoms with Crippen LogP contribution in [0.15, 0.2) is 5.16 Å². The Bertz CT molecular complexity index is 281. The third-order valence-electron chi connectivity index (χ3n) is 2.81. The summed E-state index contributed by atoms with van der Waals surface area (Å²) in [5.74, 6) is -3.89. The second-order valence-electron chi connectivity index (χ2n) is 3.80. The highest BCUT2D eigenvalue weighted by atomic mass is 19.3. The van der Waals surface area contributed by atoms with Crippen molar-refractivity contribution in [1.82, 2.24) is 0 Å². The number of halogens is 4. The first-order valence-electron chi connectivity index (χ1n) is 4.28. The van der Waals surface area contributed by atoms with E-state index >= 15 is 0 Å². The number of oxime groups is 1. The van der Waals surface area contributed by atoms with E-state index in [1.54, 1.807) is 0 Å². The maximum Gasteiger partial charge on any atom is 0.253 e. The molecule has 2 nitrogen and oxygen atoms in total. The van der Waals surface area contributed by atoms with E-state index in [4.69, 9.17) is 0 Å². The Hall–Kier alpha value is -0.810. The number of alkyl halides is 4. The molecule has 0 amide bonds. The molecular formula is C9H13F4NO. The van der Waals surface area contributed by atoms with Crippen LogP contribution >= 0.6 is 0 Å². The van der Waals surface area contributed by atoms with Gasteiger partial charge in [-0.25, -0.2) is 17.6 Å². The number of nitrogens with zero attached hydrogens (tertiary/aromatic N) is 1. The first-order chi connectivity index (χ1) is 6.53. The van der Waals surface area contributed by atoms with Crippen molar-refractivity contribution in [3.63, 3.8) is 0 Å². The molecule has 0 aromatic heterocycles. The minimum absolute atomic E-state index is 0. The van der Waals surface area contributed by atoms with Gasteiger partial charge in [0.15, 0.2) is 5.60 Å². The van der Waals surface area contributed by atoms with Gasteiger partial charge >= 0.3 is 0 Å². The van der Waals surface area contributed by atoms with Crippen LogP contribution < -0.4 is 0 Å². The molecule has 0 unspecified atom stereocenters. The molecule has 0 spiro atoms. The molecular weight excluding hydrogens is 214 g/mol. The highest BCUT2D eigenvalue weighted by Gasteiger charge is 2.63. The van der Waals surface area contributed by atoms with E-state index in [1.165, 1.54) is 0 Å². The molecule has 2 rings (SSSR count). The predicted octanol–water partition coefficient (Wildman–Crippen LogP) is 2.73. The Balaban J connectivity index is 0.00000112. The van der Waals surface area contributed by atoms with Gasteiger partial charge in [-0.05, 0) is 0 Å². The van der Waals surface area contributed by atoms with E-state index < -0.39 is 43.6 Å². The normalized spacial score (nSPS) is 36.5. The topological polar surface area (TPSA) is 21.6 Å². The van der Waals surface area contributed by atoms with Gasteiger partial charge in [0.25, 0.3) is 5.92 Å². The van der Waals surface area contributed by atoms with Crippen LogP contribution in [0.1, 0.15) is 20.3 Å². The highest BCUT2D eigenvalue weighted by molar-refractivity contribution is 5.90. The lowest BCUT2D eigenvalue weighted by atomic mass is 9.89. The summed E-state index contributed by atoms with van der Waals surface area (Å²) >= 11 is 0. The molecule has 0 radical (unpaired) electrons. The summed E-state index contributed by atoms with van der Waals surface area (Å²) in [5, 5.41) is 3.32. The van der Waals surface area contributed by atoms with Crippen LogP contribution in [0, 0.1) is 5.92 Å². The third kappa shape index (κ3) is 1.70. The average Bonchev–Trinajstić information content (AvgIpc) is 2.56. The molecule has 1 heterocycles. The monoisotopic (exact) mass is 227 g/mol. The quantitative estimate of drug-likeness (QED) is 0.665. The average molecular weight is 227 g/mol. The standard InChI is InChI=1S/C8H9F4NO.CH4/c9-2-6-5-1-8(11,12)3-7(5,4-10)14-13-6;/h5H,1-4H2;1H4/t5-,7+;/m1./s1. The second kappa shape index (κ2) is 3.64. The second-order valence-corrected chi connectivity index (χ2v) is 3.80. The molecule has 2 atom stereocenters. The van der Waals surface area contributed by atoms with E-state index in [2.05, 4.69) is 9.99 Å². The summed E-state index contributed by atoms with van der Waals surface area (Å²) in [6.45, 7) is -2.01. The fourth-order valence-electron chi connectivity index (χ4n) is 2.13. The fraction of sp³-hybridized carbons (Fsp3) is 0.889. The van der Waals surface area contributed by atoms with Crippen LogP contribution in [0.4, 0.5) is 17.6 Å². The zero-order valence-corrected chi connectivity index (χ0v) is 7.27. The van der Waals surface area contributed by atoms with Crippen LogP contribution in [-0.2, 0) is 4.84 Å². The summed E-state index contributed by atoms with van der Waals surface area (Å²) in [5.41, 5.74) is -1.70. The summed E-state index contributed by atoms with van der Waals surface area (Å²) < 4.78 is 50.9. The van der Waals surface area contributed by atoms with Gasteiger partial charge in [-0.1, -0.05) is 12.6 Å². The number of rotatable bonds is 2. The molecule has 0 aromatic carbocycles. The van der Waals surface area contributed by atoms with Crippen LogP contribution in [-0.4, -0.2) is 30.6 Å². The van der Waals surface area contributed by atoms with E-state index in [-0.39, 0.29) is 13.1 Å². The zero-order valence-electron chi connectivity index (χ0n) is 7.27. The summed E-state index contributed by atoms with van der Waals surface area (Å²) in [6.07, 6.45) is -1.28. The van der Waals surface area contributed by atoms with Crippen molar-refractivity contribution in [2.45, 2.75) is 31.8 Å². The lowest BCUT2D eigenvalue weighted by molar-refractivity contribution is -0.0791. The number of fused-ring (bicyclic) bond motifs is 1. The van der Waals surface area contributed by atoms with Gasteiger partial charge in [0.1, 0.15) is 13.3 Å². The Morgan fingerprint density at radius 3 is 2.60 bits per heavy atom. The molecule has 0 N–H and O–H groups in total. The Labute approximate surface area is 85.3 Å². The predicted molar refractivity (Wildman–Crippen MR) is 47.6 cm³/mol. The van der Waals surface area contributed by atoms with Gasteiger partial charge in [-0.15, -0.1) is 0 Å². The first kappa shape index (κ1) is 12.3. The molecule has 2 aliphatic rings. The van der Waals surface area contributed by atoms with Crippen LogP contribution in [0.2, 0.25) is 0 Å². The molecule has 1 aliphatic heterocycles. The summed E-state index contributed by atoms with van der Waals surface area (Å²) in [6, 6.07) is 0. The minimum Gasteiger partial charge on any atom is -0.385 e. The van der Waals surface area contributed by atoms with Gasteiger partial charge in [-0.3, -0.25) is 0 Å². The number of hydrogen-bond donors (Lipinski definition) is 0. The Kier molecular flexibility index (Phi) is 2.98. The van der Waals surface area contributed by atoms with Crippen LogP contribution in [0.25, 0.3) is 0 Å². The molecule has 1 aliphatic carbocycles. The maximum absolute atomic E-state index is 13.0. The molecule has 1 saturated carbocycles. The van der Waals surface area contributed by atoms with Crippen LogP contribution in [0.5, 0.6) is 0 Å². The third-order valence-corrected chi connectivity index (χ3v) is 2.81. The van der Waals surface area contributed by atoms with E-state index in [0.717, 1.165) is 0 Å². The molecule has 0 saturated heterocycles. The minimum atomic E-state index is -2.98. The first-order valence-corrected chi connectivity index (χ1v) is 4.28. The Morgan fingerprint density at radius 1 is 1.40 bits per heavy atom. The van der Waals surface area contributed by atoms with Gasteiger partial charge in [0, 0.05) is 6.42 Å². The van der Waals surface area contributed by atoms with Gasteiger partial charge in [0.05, 0.1) is 18.1 Å². The molecule has 15 heavy (non-hydrogen) atoms. The van der Waals surface area contributed by atoms with Gasteiger partial charge < -0.3 is 4.84 Å². The molecule has 88 valence electrons. The molecule has 0 aromatic rings. The summed E-state index contributed by atoms with van der Waals surface area (Å²) in [4.78, 5) is 4.65. The van der Waals surface area contributed by atoms with Crippen molar-refractivity contribution in [2.24, 2.45) is 11.1 Å². The summed E-state index contributed by atoms with van der Waals surface area (Å²) in [7, 11) is 0. The number of hydrogen-bond acceptors (Lipinski definition) is 2. The van der Waals surface area contributed by atoms with Gasteiger partial charge in [-0.2, -0.15) is 0 Å². The van der Waals surface area contributed by atoms with E-state index in [1.807, 2.05) is 0 Å². The van der Waals surface area contributed by atoms with Gasteiger partial charge in [0.2, 0.25) is 0 Å². The largest absolute Gasteiger partial charge is 0.385 e. The van der Waals surface area contributed by atoms with Crippen LogP contribution in [0.3, 0.4) is 0 Å². The van der Waals surface area contributed by atoms with E-state index in [9.17, 15) is 17.6 Å². The van der Waals surface area contributed by atoms with Crippen molar-refractivity contribution < 1.29 is 22.4 Å². The molecule has 0 bridgehead atoms. The lowest BCUT2D eigenvalue weighted by Crippen LogP contribution is -2.37. The van der Waals surface area contributed by atoms with Crippen molar-refractivity contribution in [3.05, 3.63) is 0 Å². The molecule has 1 fully saturated rings. The Morgan fingerprint density at radius 2 is 2.07 bits per heavy atom. The SMILES string of the molecule is C.FCC1=NO[C@]2(CF)CC(F)(F)C[C@H]12. The zero-order chi connectivity index (χ0) is 10.4. The van der Waals surface area contributed by atoms with Crippen molar-refractivity contribution in [2.75, 3.05) is 13.3 Å². The fourth-order valence-corrected chi connectivity index (χ4v) is 2.13. The van der Waals surface area contributed by atoms with Crippen molar-refractivity contribution in [1.29, 1.82) is 0 Å². The van der Waals surface area contributed by atoms with Crippen molar-refractivity contribution >= 4 is 5.71 Å². The highest BCUT2D eigenvalue weighted by Crippen LogP contribution is 2.51. The van der Waals surface area contributed by atoms with Crippen molar-refractivity contribution in [3.8, 4) is 0 Å².